The molecule has 1 atom stereocenters. The topological polar surface area (TPSA) is 89.5 Å². The van der Waals surface area contributed by atoms with Crippen molar-refractivity contribution < 1.29 is 8.91 Å². The molecule has 1 aromatic heterocycles. The zero-order valence-electron chi connectivity index (χ0n) is 18.9. The first kappa shape index (κ1) is 23.0. The molecule has 1 unspecified atom stereocenters. The monoisotopic (exact) mass is 428 g/mol. The fourth-order valence-corrected chi connectivity index (χ4v) is 3.74. The van der Waals surface area contributed by atoms with Crippen LogP contribution in [0, 0.1) is 22.7 Å². The van der Waals surface area contributed by atoms with Crippen LogP contribution in [-0.2, 0) is 0 Å². The number of likely N-dealkylation sites (tertiary alicyclic amines) is 1. The van der Waals surface area contributed by atoms with Crippen LogP contribution < -0.4 is 10.6 Å². The first-order valence-electron chi connectivity index (χ1n) is 11.0. The number of guanidine groups is 1. The van der Waals surface area contributed by atoms with Crippen LogP contribution in [0.2, 0.25) is 0 Å². The van der Waals surface area contributed by atoms with E-state index in [0.29, 0.717) is 24.0 Å². The van der Waals surface area contributed by atoms with E-state index in [1.54, 1.807) is 6.07 Å². The molecule has 1 saturated heterocycles. The third-order valence-corrected chi connectivity index (χ3v) is 6.17. The van der Waals surface area contributed by atoms with E-state index in [-0.39, 0.29) is 17.3 Å². The smallest absolute Gasteiger partial charge is 0.204 e. The van der Waals surface area contributed by atoms with Crippen molar-refractivity contribution >= 4 is 16.9 Å². The average Bonchev–Trinajstić information content (AvgIpc) is 3.14. The summed E-state index contributed by atoms with van der Waals surface area (Å²) in [5.41, 5.74) is 1.54. The molecule has 0 bridgehead atoms. The van der Waals surface area contributed by atoms with Crippen molar-refractivity contribution in [2.24, 2.45) is 10.4 Å². The summed E-state index contributed by atoms with van der Waals surface area (Å²) < 4.78 is 18.7. The molecule has 1 aromatic carbocycles. The number of nitriles is 1. The number of piperidine rings is 1. The standard InChI is InChI=1S/C23H33FN6O/c1-16(23(2,3)4)28-22(27-15-25)26-10-5-11-30-12-8-17(9-13-30)21-19-7-6-18(24)14-20(19)31-29-21/h6-7,14,16-17H,5,8-13H2,1-4H3,(H2,26,27,28). The van der Waals surface area contributed by atoms with Gasteiger partial charge >= 0.3 is 0 Å². The molecule has 7 nitrogen and oxygen atoms in total. The highest BCUT2D eigenvalue weighted by Gasteiger charge is 2.25. The minimum absolute atomic E-state index is 0.0750. The van der Waals surface area contributed by atoms with Gasteiger partial charge in [-0.05, 0) is 63.4 Å². The van der Waals surface area contributed by atoms with Crippen LogP contribution in [0.15, 0.2) is 27.7 Å². The van der Waals surface area contributed by atoms with Gasteiger partial charge in [0.25, 0.3) is 0 Å². The molecule has 3 rings (SSSR count). The lowest BCUT2D eigenvalue weighted by molar-refractivity contribution is 0.208. The van der Waals surface area contributed by atoms with Gasteiger partial charge in [-0.2, -0.15) is 5.26 Å². The van der Waals surface area contributed by atoms with Gasteiger partial charge in [0.1, 0.15) is 5.82 Å². The Bertz CT molecular complexity index is 934. The highest BCUT2D eigenvalue weighted by Crippen LogP contribution is 2.32. The maximum Gasteiger partial charge on any atom is 0.204 e. The minimum Gasteiger partial charge on any atom is -0.356 e. The molecule has 1 fully saturated rings. The molecule has 0 aliphatic carbocycles. The Labute approximate surface area is 183 Å². The molecule has 2 aromatic rings. The lowest BCUT2D eigenvalue weighted by atomic mass is 9.88. The van der Waals surface area contributed by atoms with Gasteiger partial charge in [0.05, 0.1) is 5.69 Å². The summed E-state index contributed by atoms with van der Waals surface area (Å²) >= 11 is 0. The fraction of sp³-hybridized carbons (Fsp3) is 0.609. The van der Waals surface area contributed by atoms with E-state index in [0.717, 1.165) is 50.0 Å². The molecular weight excluding hydrogens is 395 g/mol. The largest absolute Gasteiger partial charge is 0.356 e. The molecule has 168 valence electrons. The van der Waals surface area contributed by atoms with Crippen LogP contribution in [0.3, 0.4) is 0 Å². The fourth-order valence-electron chi connectivity index (χ4n) is 3.74. The molecule has 1 aliphatic heterocycles. The number of nitrogens with one attached hydrogen (secondary N) is 2. The predicted octanol–water partition coefficient (Wildman–Crippen LogP) is 3.99. The second-order valence-corrected chi connectivity index (χ2v) is 9.38. The van der Waals surface area contributed by atoms with Crippen LogP contribution in [0.5, 0.6) is 0 Å². The summed E-state index contributed by atoms with van der Waals surface area (Å²) in [6, 6.07) is 4.82. The summed E-state index contributed by atoms with van der Waals surface area (Å²) in [4.78, 5) is 6.98. The lowest BCUT2D eigenvalue weighted by Gasteiger charge is -2.31. The van der Waals surface area contributed by atoms with E-state index in [1.807, 2.05) is 6.19 Å². The number of fused-ring (bicyclic) bond motifs is 1. The Hall–Kier alpha value is -2.66. The maximum atomic E-state index is 13.4. The molecular formula is C23H33FN6O. The number of hydrogen-bond donors (Lipinski definition) is 2. The van der Waals surface area contributed by atoms with Crippen LogP contribution in [0.1, 0.15) is 58.6 Å². The number of nitrogens with zero attached hydrogens (tertiary/aromatic N) is 4. The van der Waals surface area contributed by atoms with E-state index >= 15 is 0 Å². The van der Waals surface area contributed by atoms with Gasteiger partial charge in [-0.3, -0.25) is 10.3 Å². The van der Waals surface area contributed by atoms with Crippen LogP contribution in [0.4, 0.5) is 4.39 Å². The molecule has 0 saturated carbocycles. The van der Waals surface area contributed by atoms with Crippen LogP contribution in [0.25, 0.3) is 11.0 Å². The summed E-state index contributed by atoms with van der Waals surface area (Å²) in [6.45, 7) is 12.2. The van der Waals surface area contributed by atoms with Crippen molar-refractivity contribution in [1.29, 1.82) is 5.26 Å². The normalized spacial score (nSPS) is 17.5. The summed E-state index contributed by atoms with van der Waals surface area (Å²) in [7, 11) is 0. The second-order valence-electron chi connectivity index (χ2n) is 9.38. The Balaban J connectivity index is 1.45. The minimum atomic E-state index is -0.302. The van der Waals surface area contributed by atoms with Crippen molar-refractivity contribution in [3.05, 3.63) is 29.7 Å². The van der Waals surface area contributed by atoms with Gasteiger partial charge in [0.2, 0.25) is 5.96 Å². The van der Waals surface area contributed by atoms with E-state index in [1.165, 1.54) is 12.1 Å². The third-order valence-electron chi connectivity index (χ3n) is 6.17. The molecule has 2 N–H and O–H groups in total. The number of halogens is 1. The molecule has 8 heteroatoms. The van der Waals surface area contributed by atoms with Crippen molar-refractivity contribution in [3.8, 4) is 6.19 Å². The molecule has 0 amide bonds. The summed E-state index contributed by atoms with van der Waals surface area (Å²) in [5, 5.41) is 20.1. The first-order chi connectivity index (χ1) is 14.8. The lowest BCUT2D eigenvalue weighted by Crippen LogP contribution is -2.46. The van der Waals surface area contributed by atoms with Crippen molar-refractivity contribution in [1.82, 2.24) is 20.7 Å². The first-order valence-corrected chi connectivity index (χ1v) is 11.0. The predicted molar refractivity (Wildman–Crippen MR) is 120 cm³/mol. The van der Waals surface area contributed by atoms with Gasteiger partial charge in [0, 0.05) is 30.0 Å². The van der Waals surface area contributed by atoms with Gasteiger partial charge in [-0.25, -0.2) is 4.39 Å². The third kappa shape index (κ3) is 6.17. The van der Waals surface area contributed by atoms with Crippen molar-refractivity contribution in [3.63, 3.8) is 0 Å². The Morgan fingerprint density at radius 1 is 1.39 bits per heavy atom. The Kier molecular flexibility index (Phi) is 7.50. The zero-order chi connectivity index (χ0) is 22.4. The summed E-state index contributed by atoms with van der Waals surface area (Å²) in [6.07, 6.45) is 4.91. The van der Waals surface area contributed by atoms with Crippen LogP contribution in [-0.4, -0.2) is 48.2 Å². The van der Waals surface area contributed by atoms with Gasteiger partial charge in [-0.1, -0.05) is 25.9 Å². The maximum absolute atomic E-state index is 13.4. The highest BCUT2D eigenvalue weighted by molar-refractivity contribution is 5.81. The summed E-state index contributed by atoms with van der Waals surface area (Å²) in [5.74, 6) is 0.581. The SMILES string of the molecule is CC(NC(=NCCCN1CCC(c2noc3cc(F)ccc23)CC1)NC#N)C(C)(C)C. The number of hydrogen-bond acceptors (Lipinski definition) is 5. The van der Waals surface area contributed by atoms with E-state index in [4.69, 9.17) is 9.78 Å². The van der Waals surface area contributed by atoms with Gasteiger partial charge in [-0.15, -0.1) is 0 Å². The number of benzene rings is 1. The zero-order valence-corrected chi connectivity index (χ0v) is 18.9. The Morgan fingerprint density at radius 3 is 2.81 bits per heavy atom. The van der Waals surface area contributed by atoms with Crippen molar-refractivity contribution in [2.45, 2.75) is 58.9 Å². The van der Waals surface area contributed by atoms with E-state index in [9.17, 15) is 4.39 Å². The number of rotatable bonds is 6. The molecule has 31 heavy (non-hydrogen) atoms. The number of aromatic nitrogens is 1. The average molecular weight is 429 g/mol. The van der Waals surface area contributed by atoms with E-state index in [2.05, 4.69) is 53.4 Å². The van der Waals surface area contributed by atoms with E-state index < -0.39 is 0 Å². The Morgan fingerprint density at radius 2 is 2.13 bits per heavy atom. The molecule has 0 radical (unpaired) electrons. The van der Waals surface area contributed by atoms with Crippen LogP contribution >= 0.6 is 0 Å². The molecule has 0 spiro atoms. The number of aliphatic imine (C=N–C) groups is 1. The second kappa shape index (κ2) is 10.1. The van der Waals surface area contributed by atoms with Crippen molar-refractivity contribution in [2.75, 3.05) is 26.2 Å². The van der Waals surface area contributed by atoms with Gasteiger partial charge in [0.15, 0.2) is 11.8 Å². The van der Waals surface area contributed by atoms with Gasteiger partial charge < -0.3 is 14.7 Å². The highest BCUT2D eigenvalue weighted by atomic mass is 19.1. The quantitative estimate of drug-likeness (QED) is 0.238. The molecule has 2 heterocycles. The molecule has 1 aliphatic rings.